The first-order valence-electron chi connectivity index (χ1n) is 12.6. The molecule has 37 heavy (non-hydrogen) atoms. The second-order valence-corrected chi connectivity index (χ2v) is 8.89. The van der Waals surface area contributed by atoms with Crippen molar-refractivity contribution in [1.29, 1.82) is 0 Å². The first-order valence-corrected chi connectivity index (χ1v) is 12.6. The van der Waals surface area contributed by atoms with Crippen molar-refractivity contribution in [3.8, 4) is 0 Å². The van der Waals surface area contributed by atoms with Gasteiger partial charge in [-0.1, -0.05) is 97.1 Å². The highest BCUT2D eigenvalue weighted by molar-refractivity contribution is 5.15. The molecule has 1 aliphatic rings. The van der Waals surface area contributed by atoms with E-state index in [0.29, 0.717) is 33.0 Å². The molecule has 3 aromatic carbocycles. The van der Waals surface area contributed by atoms with Gasteiger partial charge < -0.3 is 28.4 Å². The van der Waals surface area contributed by atoms with Gasteiger partial charge in [0.1, 0.15) is 24.4 Å². The molecule has 1 saturated heterocycles. The van der Waals surface area contributed by atoms with Gasteiger partial charge in [0.2, 0.25) is 0 Å². The van der Waals surface area contributed by atoms with E-state index in [0.717, 1.165) is 16.7 Å². The van der Waals surface area contributed by atoms with Crippen LogP contribution in [-0.2, 0) is 48.2 Å². The van der Waals surface area contributed by atoms with Gasteiger partial charge in [-0.15, -0.1) is 6.58 Å². The Kier molecular flexibility index (Phi) is 10.9. The number of ether oxygens (including phenoxy) is 6. The highest BCUT2D eigenvalue weighted by atomic mass is 16.7. The summed E-state index contributed by atoms with van der Waals surface area (Å²) in [5, 5.41) is 0. The van der Waals surface area contributed by atoms with E-state index in [9.17, 15) is 0 Å². The zero-order chi connectivity index (χ0) is 25.7. The third kappa shape index (κ3) is 8.07. The molecule has 0 unspecified atom stereocenters. The number of benzene rings is 3. The van der Waals surface area contributed by atoms with Crippen LogP contribution in [0.25, 0.3) is 0 Å². The molecule has 4 rings (SSSR count). The van der Waals surface area contributed by atoms with E-state index >= 15 is 0 Å². The first kappa shape index (κ1) is 27.2. The number of methoxy groups -OCH3 is 1. The summed E-state index contributed by atoms with van der Waals surface area (Å²) in [6, 6.07) is 30.2. The molecular formula is C31H36O6. The van der Waals surface area contributed by atoms with Gasteiger partial charge in [0.05, 0.1) is 33.0 Å². The van der Waals surface area contributed by atoms with Gasteiger partial charge in [0.25, 0.3) is 0 Å². The standard InChI is InChI=1S/C31H36O6/c1-3-19-34-31-30(32-2)29(36-22-26-17-11-6-12-18-26)28(35-21-25-15-9-5-10-16-25)27(37-31)23-33-20-24-13-7-4-8-14-24/h3-18,27-31H,1,19-23H2,2H3/t27-,28-,29+,30-,31+/m1/s1. The van der Waals surface area contributed by atoms with Crippen LogP contribution < -0.4 is 0 Å². The highest BCUT2D eigenvalue weighted by Gasteiger charge is 2.48. The molecule has 0 aromatic heterocycles. The Morgan fingerprint density at radius 1 is 0.676 bits per heavy atom. The Balaban J connectivity index is 1.54. The number of hydrogen-bond acceptors (Lipinski definition) is 6. The summed E-state index contributed by atoms with van der Waals surface area (Å²) in [6.45, 7) is 5.68. The maximum Gasteiger partial charge on any atom is 0.187 e. The Labute approximate surface area is 219 Å². The van der Waals surface area contributed by atoms with Crippen molar-refractivity contribution in [2.45, 2.75) is 50.5 Å². The predicted molar refractivity (Wildman–Crippen MR) is 142 cm³/mol. The van der Waals surface area contributed by atoms with Crippen LogP contribution in [0.2, 0.25) is 0 Å². The molecule has 0 spiro atoms. The summed E-state index contributed by atoms with van der Waals surface area (Å²) in [6.07, 6.45) is -0.819. The third-order valence-electron chi connectivity index (χ3n) is 6.21. The Morgan fingerprint density at radius 2 is 1.19 bits per heavy atom. The zero-order valence-corrected chi connectivity index (χ0v) is 21.3. The summed E-state index contributed by atoms with van der Waals surface area (Å²) < 4.78 is 37.3. The van der Waals surface area contributed by atoms with Crippen LogP contribution in [0.15, 0.2) is 104 Å². The molecule has 1 heterocycles. The fourth-order valence-electron chi connectivity index (χ4n) is 4.35. The van der Waals surface area contributed by atoms with Crippen LogP contribution in [0.4, 0.5) is 0 Å². The molecular weight excluding hydrogens is 468 g/mol. The minimum Gasteiger partial charge on any atom is -0.374 e. The quantitative estimate of drug-likeness (QED) is 0.277. The van der Waals surface area contributed by atoms with E-state index < -0.39 is 30.7 Å². The largest absolute Gasteiger partial charge is 0.374 e. The Hall–Kier alpha value is -2.84. The lowest BCUT2D eigenvalue weighted by Crippen LogP contribution is -2.61. The normalized spacial score (nSPS) is 23.5. The smallest absolute Gasteiger partial charge is 0.187 e. The maximum absolute atomic E-state index is 6.49. The minimum atomic E-state index is -0.661. The van der Waals surface area contributed by atoms with E-state index in [-0.39, 0.29) is 0 Å². The van der Waals surface area contributed by atoms with Gasteiger partial charge in [0.15, 0.2) is 6.29 Å². The van der Waals surface area contributed by atoms with Crippen molar-refractivity contribution in [1.82, 2.24) is 0 Å². The fourth-order valence-corrected chi connectivity index (χ4v) is 4.35. The van der Waals surface area contributed by atoms with E-state index in [1.54, 1.807) is 13.2 Å². The van der Waals surface area contributed by atoms with Gasteiger partial charge in [0, 0.05) is 7.11 Å². The fraction of sp³-hybridized carbons (Fsp3) is 0.355. The Bertz CT molecular complexity index is 1030. The molecule has 5 atom stereocenters. The molecule has 0 bridgehead atoms. The lowest BCUT2D eigenvalue weighted by atomic mass is 9.98. The molecule has 3 aromatic rings. The van der Waals surface area contributed by atoms with Crippen LogP contribution in [0.3, 0.4) is 0 Å². The average molecular weight is 505 g/mol. The van der Waals surface area contributed by atoms with Crippen LogP contribution in [0.5, 0.6) is 0 Å². The van der Waals surface area contributed by atoms with Gasteiger partial charge in [-0.3, -0.25) is 0 Å². The SMILES string of the molecule is C=CCO[C@H]1O[C@H](COCc2ccccc2)[C@@H](OCc2ccccc2)[C@H](OCc2ccccc2)[C@H]1OC. The molecule has 0 amide bonds. The lowest BCUT2D eigenvalue weighted by molar-refractivity contribution is -0.321. The second-order valence-electron chi connectivity index (χ2n) is 8.89. The van der Waals surface area contributed by atoms with Gasteiger partial charge >= 0.3 is 0 Å². The van der Waals surface area contributed by atoms with E-state index in [4.69, 9.17) is 28.4 Å². The van der Waals surface area contributed by atoms with Crippen LogP contribution in [0, 0.1) is 0 Å². The van der Waals surface area contributed by atoms with Crippen LogP contribution >= 0.6 is 0 Å². The van der Waals surface area contributed by atoms with Crippen LogP contribution in [-0.4, -0.2) is 51.0 Å². The minimum absolute atomic E-state index is 0.309. The number of hydrogen-bond donors (Lipinski definition) is 0. The topological polar surface area (TPSA) is 55.4 Å². The lowest BCUT2D eigenvalue weighted by Gasteiger charge is -2.45. The summed E-state index contributed by atoms with van der Waals surface area (Å²) >= 11 is 0. The maximum atomic E-state index is 6.49. The average Bonchev–Trinajstić information content (AvgIpc) is 2.95. The van der Waals surface area contributed by atoms with Gasteiger partial charge in [-0.05, 0) is 16.7 Å². The van der Waals surface area contributed by atoms with E-state index in [1.165, 1.54) is 0 Å². The summed E-state index contributed by atoms with van der Waals surface area (Å²) in [4.78, 5) is 0. The monoisotopic (exact) mass is 504 g/mol. The molecule has 6 heteroatoms. The van der Waals surface area contributed by atoms with Crippen molar-refractivity contribution in [2.75, 3.05) is 20.3 Å². The summed E-state index contributed by atoms with van der Waals surface area (Å²) in [5.41, 5.74) is 3.21. The highest BCUT2D eigenvalue weighted by Crippen LogP contribution is 2.30. The third-order valence-corrected chi connectivity index (χ3v) is 6.21. The molecule has 0 radical (unpaired) electrons. The first-order chi connectivity index (χ1) is 18.3. The van der Waals surface area contributed by atoms with Crippen molar-refractivity contribution < 1.29 is 28.4 Å². The van der Waals surface area contributed by atoms with Crippen molar-refractivity contribution in [3.63, 3.8) is 0 Å². The predicted octanol–water partition coefficient (Wildman–Crippen LogP) is 5.32. The molecule has 1 aliphatic heterocycles. The number of rotatable bonds is 14. The van der Waals surface area contributed by atoms with Crippen molar-refractivity contribution in [3.05, 3.63) is 120 Å². The molecule has 1 fully saturated rings. The van der Waals surface area contributed by atoms with Gasteiger partial charge in [-0.2, -0.15) is 0 Å². The van der Waals surface area contributed by atoms with E-state index in [1.807, 2.05) is 91.0 Å². The second kappa shape index (κ2) is 14.8. The van der Waals surface area contributed by atoms with Gasteiger partial charge in [-0.25, -0.2) is 0 Å². The summed E-state index contributed by atoms with van der Waals surface area (Å²) in [5.74, 6) is 0. The van der Waals surface area contributed by atoms with Crippen molar-refractivity contribution >= 4 is 0 Å². The van der Waals surface area contributed by atoms with Crippen LogP contribution in [0.1, 0.15) is 16.7 Å². The molecule has 6 nitrogen and oxygen atoms in total. The molecule has 0 aliphatic carbocycles. The summed E-state index contributed by atoms with van der Waals surface area (Å²) in [7, 11) is 1.64. The molecule has 196 valence electrons. The molecule has 0 saturated carbocycles. The zero-order valence-electron chi connectivity index (χ0n) is 21.3. The van der Waals surface area contributed by atoms with Crippen molar-refractivity contribution in [2.24, 2.45) is 0 Å². The Morgan fingerprint density at radius 3 is 1.70 bits per heavy atom. The van der Waals surface area contributed by atoms with E-state index in [2.05, 4.69) is 6.58 Å². The molecule has 0 N–H and O–H groups in total.